The minimum Gasteiger partial charge on any atom is -0.377 e. The van der Waals surface area contributed by atoms with Crippen molar-refractivity contribution >= 4 is 8.80 Å². The Labute approximate surface area is 128 Å². The summed E-state index contributed by atoms with van der Waals surface area (Å²) in [5, 5.41) is 0. The number of aryl methyl sites for hydroxylation is 1. The van der Waals surface area contributed by atoms with Crippen molar-refractivity contribution in [3.63, 3.8) is 0 Å². The highest BCUT2D eigenvalue weighted by atomic mass is 28.4. The molecule has 5 heteroatoms. The van der Waals surface area contributed by atoms with E-state index >= 15 is 0 Å². The Morgan fingerprint density at radius 2 is 1.81 bits per heavy atom. The quantitative estimate of drug-likeness (QED) is 0.478. The van der Waals surface area contributed by atoms with E-state index in [1.54, 1.807) is 26.4 Å². The Hall–Kier alpha value is -0.753. The molecule has 120 valence electrons. The molecule has 3 nitrogen and oxygen atoms in total. The molecule has 0 saturated heterocycles. The van der Waals surface area contributed by atoms with Crippen LogP contribution < -0.4 is 0 Å². The highest BCUT2D eigenvalue weighted by molar-refractivity contribution is 6.60. The van der Waals surface area contributed by atoms with Gasteiger partial charge in [-0.15, -0.1) is 0 Å². The molecule has 1 aromatic carbocycles. The zero-order valence-corrected chi connectivity index (χ0v) is 14.5. The van der Waals surface area contributed by atoms with E-state index in [9.17, 15) is 4.39 Å². The molecule has 0 bridgehead atoms. The van der Waals surface area contributed by atoms with E-state index in [0.29, 0.717) is 0 Å². The van der Waals surface area contributed by atoms with Crippen LogP contribution in [0.3, 0.4) is 0 Å². The summed E-state index contributed by atoms with van der Waals surface area (Å²) in [4.78, 5) is 0. The van der Waals surface area contributed by atoms with Crippen molar-refractivity contribution < 1.29 is 17.7 Å². The zero-order valence-electron chi connectivity index (χ0n) is 13.5. The second-order valence-corrected chi connectivity index (χ2v) is 8.37. The summed E-state index contributed by atoms with van der Waals surface area (Å²) < 4.78 is 30.0. The molecular formula is C16H27FO3Si. The van der Waals surface area contributed by atoms with E-state index in [2.05, 4.69) is 0 Å². The summed E-state index contributed by atoms with van der Waals surface area (Å²) in [7, 11) is 0.810. The SMILES string of the molecule is CO[Si](CCCCCc1cccc(F)c1)(OC)OC(C)C. The van der Waals surface area contributed by atoms with E-state index in [4.69, 9.17) is 13.3 Å². The van der Waals surface area contributed by atoms with Gasteiger partial charge in [0.2, 0.25) is 0 Å². The molecule has 0 unspecified atom stereocenters. The van der Waals surface area contributed by atoms with Gasteiger partial charge in [-0.25, -0.2) is 4.39 Å². The van der Waals surface area contributed by atoms with Crippen molar-refractivity contribution in [2.75, 3.05) is 14.2 Å². The smallest absolute Gasteiger partial charge is 0.377 e. The van der Waals surface area contributed by atoms with E-state index in [1.807, 2.05) is 19.9 Å². The third kappa shape index (κ3) is 6.69. The van der Waals surface area contributed by atoms with Gasteiger partial charge in [0.25, 0.3) is 0 Å². The maximum absolute atomic E-state index is 13.1. The molecule has 0 aromatic heterocycles. The minimum atomic E-state index is -2.50. The predicted molar refractivity (Wildman–Crippen MR) is 84.8 cm³/mol. The van der Waals surface area contributed by atoms with Crippen molar-refractivity contribution in [1.29, 1.82) is 0 Å². The Balaban J connectivity index is 2.31. The molecule has 0 aliphatic carbocycles. The Kier molecular flexibility index (Phi) is 8.10. The maximum atomic E-state index is 13.1. The number of rotatable bonds is 10. The number of unbranched alkanes of at least 4 members (excludes halogenated alkanes) is 2. The van der Waals surface area contributed by atoms with Crippen LogP contribution in [-0.4, -0.2) is 29.1 Å². The first kappa shape index (κ1) is 18.3. The van der Waals surface area contributed by atoms with E-state index < -0.39 is 8.80 Å². The molecule has 21 heavy (non-hydrogen) atoms. The highest BCUT2D eigenvalue weighted by Gasteiger charge is 2.39. The van der Waals surface area contributed by atoms with Gasteiger partial charge in [0.15, 0.2) is 0 Å². The second kappa shape index (κ2) is 9.30. The van der Waals surface area contributed by atoms with Crippen LogP contribution in [0, 0.1) is 5.82 Å². The molecule has 0 spiro atoms. The van der Waals surface area contributed by atoms with Crippen LogP contribution in [0.2, 0.25) is 6.04 Å². The van der Waals surface area contributed by atoms with Crippen molar-refractivity contribution in [3.8, 4) is 0 Å². The van der Waals surface area contributed by atoms with Crippen LogP contribution in [0.25, 0.3) is 0 Å². The average molecular weight is 314 g/mol. The minimum absolute atomic E-state index is 0.101. The molecule has 0 aliphatic heterocycles. The van der Waals surface area contributed by atoms with Crippen LogP contribution in [0.15, 0.2) is 24.3 Å². The molecule has 0 radical (unpaired) electrons. The summed E-state index contributed by atoms with van der Waals surface area (Å²) >= 11 is 0. The lowest BCUT2D eigenvalue weighted by molar-refractivity contribution is 0.0693. The Morgan fingerprint density at radius 3 is 2.38 bits per heavy atom. The van der Waals surface area contributed by atoms with Gasteiger partial charge in [0.05, 0.1) is 0 Å². The number of hydrogen-bond donors (Lipinski definition) is 0. The summed E-state index contributed by atoms with van der Waals surface area (Å²) in [6.07, 6.45) is 4.08. The number of halogens is 1. The van der Waals surface area contributed by atoms with Crippen molar-refractivity contribution in [2.24, 2.45) is 0 Å². The van der Waals surface area contributed by atoms with Gasteiger partial charge in [-0.2, -0.15) is 0 Å². The first-order valence-electron chi connectivity index (χ1n) is 7.54. The summed E-state index contributed by atoms with van der Waals surface area (Å²) in [5.74, 6) is -0.164. The van der Waals surface area contributed by atoms with Gasteiger partial charge in [-0.3, -0.25) is 0 Å². The molecular weight excluding hydrogens is 287 g/mol. The van der Waals surface area contributed by atoms with Gasteiger partial charge in [-0.1, -0.05) is 18.6 Å². The van der Waals surface area contributed by atoms with E-state index in [1.165, 1.54) is 6.07 Å². The molecule has 0 heterocycles. The molecule has 0 fully saturated rings. The van der Waals surface area contributed by atoms with Gasteiger partial charge in [0, 0.05) is 26.4 Å². The first-order valence-corrected chi connectivity index (χ1v) is 9.47. The lowest BCUT2D eigenvalue weighted by Crippen LogP contribution is -2.45. The third-order valence-electron chi connectivity index (χ3n) is 3.37. The van der Waals surface area contributed by atoms with Gasteiger partial charge >= 0.3 is 8.80 Å². The van der Waals surface area contributed by atoms with E-state index in [-0.39, 0.29) is 11.9 Å². The van der Waals surface area contributed by atoms with Crippen molar-refractivity contribution in [3.05, 3.63) is 35.6 Å². The summed E-state index contributed by atoms with van der Waals surface area (Å²) in [5.41, 5.74) is 1.05. The number of hydrogen-bond acceptors (Lipinski definition) is 3. The van der Waals surface area contributed by atoms with Gasteiger partial charge in [0.1, 0.15) is 5.82 Å². The maximum Gasteiger partial charge on any atom is 0.500 e. The third-order valence-corrected chi connectivity index (χ3v) is 6.42. The first-order chi connectivity index (χ1) is 10.0. The zero-order chi connectivity index (χ0) is 15.7. The molecule has 1 aromatic rings. The normalized spacial score (nSPS) is 12.1. The van der Waals surface area contributed by atoms with Gasteiger partial charge < -0.3 is 13.3 Å². The Morgan fingerprint density at radius 1 is 1.10 bits per heavy atom. The molecule has 0 saturated carbocycles. The van der Waals surface area contributed by atoms with Gasteiger partial charge in [-0.05, 0) is 50.8 Å². The summed E-state index contributed by atoms with van der Waals surface area (Å²) in [6, 6.07) is 7.62. The van der Waals surface area contributed by atoms with Crippen LogP contribution >= 0.6 is 0 Å². The molecule has 0 aliphatic rings. The Bertz CT molecular complexity index is 408. The van der Waals surface area contributed by atoms with Crippen LogP contribution in [0.5, 0.6) is 0 Å². The molecule has 1 rings (SSSR count). The molecule has 0 atom stereocenters. The monoisotopic (exact) mass is 314 g/mol. The van der Waals surface area contributed by atoms with Crippen molar-refractivity contribution in [1.82, 2.24) is 0 Å². The van der Waals surface area contributed by atoms with E-state index in [0.717, 1.165) is 37.3 Å². The fourth-order valence-electron chi connectivity index (χ4n) is 2.34. The van der Waals surface area contributed by atoms with Crippen LogP contribution in [0.4, 0.5) is 4.39 Å². The molecule has 0 N–H and O–H groups in total. The topological polar surface area (TPSA) is 27.7 Å². The fourth-order valence-corrected chi connectivity index (χ4v) is 4.63. The highest BCUT2D eigenvalue weighted by Crippen LogP contribution is 2.20. The number of benzene rings is 1. The summed E-state index contributed by atoms with van der Waals surface area (Å²) in [6.45, 7) is 3.98. The standard InChI is InChI=1S/C16H27FO3Si/c1-14(2)20-21(18-3,19-4)12-7-5-6-9-15-10-8-11-16(17)13-15/h8,10-11,13-14H,5-7,9,12H2,1-4H3. The van der Waals surface area contributed by atoms with Crippen molar-refractivity contribution in [2.45, 2.75) is 51.7 Å². The fraction of sp³-hybridized carbons (Fsp3) is 0.625. The van der Waals surface area contributed by atoms with Crippen LogP contribution in [0.1, 0.15) is 38.7 Å². The predicted octanol–water partition coefficient (Wildman–Crippen LogP) is 4.20. The lowest BCUT2D eigenvalue weighted by atomic mass is 10.1. The largest absolute Gasteiger partial charge is 0.500 e. The average Bonchev–Trinajstić information content (AvgIpc) is 2.45. The second-order valence-electron chi connectivity index (χ2n) is 5.45. The molecule has 0 amide bonds. The lowest BCUT2D eigenvalue weighted by Gasteiger charge is -2.28. The van der Waals surface area contributed by atoms with Crippen LogP contribution in [-0.2, 0) is 19.7 Å².